The van der Waals surface area contributed by atoms with Crippen molar-refractivity contribution in [3.8, 4) is 0 Å². The van der Waals surface area contributed by atoms with Gasteiger partial charge in [-0.1, -0.05) is 39.7 Å². The molecular formula is C17H19BrN2O. The molecule has 110 valence electrons. The fourth-order valence-corrected chi connectivity index (χ4v) is 2.33. The number of aryl methyl sites for hydroxylation is 1. The van der Waals surface area contributed by atoms with Crippen LogP contribution in [0.4, 0.5) is 5.69 Å². The quantitative estimate of drug-likeness (QED) is 0.854. The number of anilines is 1. The largest absolute Gasteiger partial charge is 0.385 e. The Kier molecular flexibility index (Phi) is 5.39. The van der Waals surface area contributed by atoms with Crippen LogP contribution in [0.25, 0.3) is 0 Å². The second-order valence-electron chi connectivity index (χ2n) is 4.89. The molecule has 2 aromatic carbocycles. The van der Waals surface area contributed by atoms with Crippen molar-refractivity contribution in [1.82, 2.24) is 5.32 Å². The van der Waals surface area contributed by atoms with Crippen molar-refractivity contribution < 1.29 is 4.79 Å². The van der Waals surface area contributed by atoms with Crippen molar-refractivity contribution in [1.29, 1.82) is 0 Å². The minimum Gasteiger partial charge on any atom is -0.385 e. The maximum atomic E-state index is 12.4. The highest BCUT2D eigenvalue weighted by Gasteiger charge is 2.11. The Morgan fingerprint density at radius 1 is 1.14 bits per heavy atom. The lowest BCUT2D eigenvalue weighted by Gasteiger charge is -2.12. The van der Waals surface area contributed by atoms with Gasteiger partial charge in [-0.15, -0.1) is 0 Å². The number of amides is 1. The third-order valence-corrected chi connectivity index (χ3v) is 3.68. The Morgan fingerprint density at radius 3 is 2.52 bits per heavy atom. The minimum absolute atomic E-state index is 0.0578. The van der Waals surface area contributed by atoms with Crippen LogP contribution in [0.5, 0.6) is 0 Å². The maximum Gasteiger partial charge on any atom is 0.253 e. The normalized spacial score (nSPS) is 10.2. The highest BCUT2D eigenvalue weighted by atomic mass is 79.9. The molecule has 0 saturated heterocycles. The van der Waals surface area contributed by atoms with E-state index in [-0.39, 0.29) is 5.91 Å². The highest BCUT2D eigenvalue weighted by Crippen LogP contribution is 2.17. The lowest BCUT2D eigenvalue weighted by atomic mass is 10.1. The highest BCUT2D eigenvalue weighted by molar-refractivity contribution is 9.10. The summed E-state index contributed by atoms with van der Waals surface area (Å²) < 4.78 is 1.03. The zero-order valence-corrected chi connectivity index (χ0v) is 13.8. The molecule has 4 heteroatoms. The fraction of sp³-hybridized carbons (Fsp3) is 0.235. The Labute approximate surface area is 133 Å². The SMILES string of the molecule is CCNc1ccc(C)cc1C(=O)NCc1ccc(Br)cc1. The van der Waals surface area contributed by atoms with Crippen molar-refractivity contribution in [3.05, 3.63) is 63.6 Å². The van der Waals surface area contributed by atoms with Gasteiger partial charge < -0.3 is 10.6 Å². The van der Waals surface area contributed by atoms with E-state index in [1.54, 1.807) is 0 Å². The van der Waals surface area contributed by atoms with Gasteiger partial charge in [-0.2, -0.15) is 0 Å². The summed E-state index contributed by atoms with van der Waals surface area (Å²) in [5, 5.41) is 6.19. The van der Waals surface area contributed by atoms with Crippen LogP contribution < -0.4 is 10.6 Å². The standard InChI is InChI=1S/C17H19BrN2O/c1-3-19-16-9-4-12(2)10-15(16)17(21)20-11-13-5-7-14(18)8-6-13/h4-10,19H,3,11H2,1-2H3,(H,20,21). The summed E-state index contributed by atoms with van der Waals surface area (Å²) in [6, 6.07) is 13.8. The molecule has 0 aliphatic rings. The molecule has 2 aromatic rings. The van der Waals surface area contributed by atoms with E-state index in [9.17, 15) is 4.79 Å². The molecule has 21 heavy (non-hydrogen) atoms. The Morgan fingerprint density at radius 2 is 1.86 bits per heavy atom. The average molecular weight is 347 g/mol. The van der Waals surface area contributed by atoms with Crippen LogP contribution in [0.1, 0.15) is 28.4 Å². The lowest BCUT2D eigenvalue weighted by molar-refractivity contribution is 0.0951. The van der Waals surface area contributed by atoms with Crippen LogP contribution in [0.3, 0.4) is 0 Å². The van der Waals surface area contributed by atoms with Crippen LogP contribution in [0.15, 0.2) is 46.9 Å². The molecule has 0 aliphatic heterocycles. The molecule has 0 fully saturated rings. The number of halogens is 1. The van der Waals surface area contributed by atoms with E-state index in [1.165, 1.54) is 0 Å². The molecule has 0 heterocycles. The van der Waals surface area contributed by atoms with Crippen molar-refractivity contribution in [2.24, 2.45) is 0 Å². The zero-order chi connectivity index (χ0) is 15.2. The van der Waals surface area contributed by atoms with E-state index in [2.05, 4.69) is 26.6 Å². The number of hydrogen-bond acceptors (Lipinski definition) is 2. The smallest absolute Gasteiger partial charge is 0.253 e. The molecule has 2 rings (SSSR count). The molecule has 0 radical (unpaired) electrons. The Balaban J connectivity index is 2.09. The zero-order valence-electron chi connectivity index (χ0n) is 12.2. The first-order valence-electron chi connectivity index (χ1n) is 6.97. The molecule has 1 amide bonds. The van der Waals surface area contributed by atoms with Crippen LogP contribution in [0.2, 0.25) is 0 Å². The molecule has 0 saturated carbocycles. The summed E-state index contributed by atoms with van der Waals surface area (Å²) in [6.45, 7) is 5.31. The molecule has 0 aromatic heterocycles. The summed E-state index contributed by atoms with van der Waals surface area (Å²) in [4.78, 5) is 12.4. The number of hydrogen-bond donors (Lipinski definition) is 2. The van der Waals surface area contributed by atoms with Crippen molar-refractivity contribution >= 4 is 27.5 Å². The van der Waals surface area contributed by atoms with E-state index >= 15 is 0 Å². The topological polar surface area (TPSA) is 41.1 Å². The van der Waals surface area contributed by atoms with Gasteiger partial charge in [0.1, 0.15) is 0 Å². The maximum absolute atomic E-state index is 12.4. The first kappa shape index (κ1) is 15.6. The van der Waals surface area contributed by atoms with E-state index in [1.807, 2.05) is 56.3 Å². The van der Waals surface area contributed by atoms with Crippen LogP contribution in [-0.4, -0.2) is 12.5 Å². The van der Waals surface area contributed by atoms with Gasteiger partial charge in [-0.05, 0) is 43.7 Å². The molecule has 0 spiro atoms. The number of carbonyl (C=O) groups excluding carboxylic acids is 1. The average Bonchev–Trinajstić information content (AvgIpc) is 2.48. The Hall–Kier alpha value is -1.81. The first-order valence-corrected chi connectivity index (χ1v) is 7.76. The van der Waals surface area contributed by atoms with E-state index < -0.39 is 0 Å². The van der Waals surface area contributed by atoms with Gasteiger partial charge in [0.25, 0.3) is 5.91 Å². The van der Waals surface area contributed by atoms with E-state index in [0.29, 0.717) is 12.1 Å². The molecule has 0 bridgehead atoms. The number of rotatable bonds is 5. The first-order chi connectivity index (χ1) is 10.1. The predicted molar refractivity (Wildman–Crippen MR) is 90.7 cm³/mol. The summed E-state index contributed by atoms with van der Waals surface area (Å²) in [7, 11) is 0. The molecule has 0 aliphatic carbocycles. The lowest BCUT2D eigenvalue weighted by Crippen LogP contribution is -2.24. The van der Waals surface area contributed by atoms with E-state index in [4.69, 9.17) is 0 Å². The molecule has 3 nitrogen and oxygen atoms in total. The molecule has 2 N–H and O–H groups in total. The van der Waals surface area contributed by atoms with Gasteiger partial charge >= 0.3 is 0 Å². The molecule has 0 unspecified atom stereocenters. The minimum atomic E-state index is -0.0578. The van der Waals surface area contributed by atoms with Crippen LogP contribution in [-0.2, 0) is 6.54 Å². The van der Waals surface area contributed by atoms with Gasteiger partial charge in [0, 0.05) is 23.2 Å². The third kappa shape index (κ3) is 4.33. The van der Waals surface area contributed by atoms with E-state index in [0.717, 1.165) is 27.8 Å². The summed E-state index contributed by atoms with van der Waals surface area (Å²) in [5.74, 6) is -0.0578. The predicted octanol–water partition coefficient (Wildman–Crippen LogP) is 4.12. The molecular weight excluding hydrogens is 328 g/mol. The van der Waals surface area contributed by atoms with Crippen molar-refractivity contribution in [2.75, 3.05) is 11.9 Å². The fourth-order valence-electron chi connectivity index (χ4n) is 2.07. The second-order valence-corrected chi connectivity index (χ2v) is 5.80. The van der Waals surface area contributed by atoms with Gasteiger partial charge in [0.15, 0.2) is 0 Å². The van der Waals surface area contributed by atoms with Crippen LogP contribution in [0, 0.1) is 6.92 Å². The molecule has 0 atom stereocenters. The van der Waals surface area contributed by atoms with Gasteiger partial charge in [-0.25, -0.2) is 0 Å². The second kappa shape index (κ2) is 7.27. The Bertz CT molecular complexity index is 623. The van der Waals surface area contributed by atoms with Gasteiger partial charge in [0.05, 0.1) is 5.56 Å². The monoisotopic (exact) mass is 346 g/mol. The third-order valence-electron chi connectivity index (χ3n) is 3.15. The summed E-state index contributed by atoms with van der Waals surface area (Å²) >= 11 is 3.40. The number of benzene rings is 2. The summed E-state index contributed by atoms with van der Waals surface area (Å²) in [6.07, 6.45) is 0. The van der Waals surface area contributed by atoms with Gasteiger partial charge in [0.2, 0.25) is 0 Å². The van der Waals surface area contributed by atoms with Crippen LogP contribution >= 0.6 is 15.9 Å². The van der Waals surface area contributed by atoms with Crippen molar-refractivity contribution in [2.45, 2.75) is 20.4 Å². The van der Waals surface area contributed by atoms with Crippen molar-refractivity contribution in [3.63, 3.8) is 0 Å². The van der Waals surface area contributed by atoms with Gasteiger partial charge in [-0.3, -0.25) is 4.79 Å². The number of nitrogens with one attached hydrogen (secondary N) is 2. The number of carbonyl (C=O) groups is 1. The summed E-state index contributed by atoms with van der Waals surface area (Å²) in [5.41, 5.74) is 3.71.